The molecule has 0 radical (unpaired) electrons. The topological polar surface area (TPSA) is 13.1 Å². The highest BCUT2D eigenvalue weighted by Crippen LogP contribution is 2.52. The maximum Gasteiger partial charge on any atom is 0.256 e. The van der Waals surface area contributed by atoms with E-state index in [0.717, 1.165) is 17.9 Å². The molecule has 0 atom stereocenters. The normalized spacial score (nSPS) is 17.7. The number of hydrogen-bond acceptors (Lipinski definition) is 1. The van der Waals surface area contributed by atoms with Gasteiger partial charge in [-0.3, -0.25) is 0 Å². The summed E-state index contributed by atoms with van der Waals surface area (Å²) in [6, 6.07) is 9.39. The molecule has 0 unspecified atom stereocenters. The summed E-state index contributed by atoms with van der Waals surface area (Å²) in [5.41, 5.74) is 8.81. The van der Waals surface area contributed by atoms with E-state index in [1.807, 2.05) is 0 Å². The van der Waals surface area contributed by atoms with Gasteiger partial charge in [0.1, 0.15) is 12.8 Å². The maximum atomic E-state index is 6.90. The third kappa shape index (κ3) is 3.96. The van der Waals surface area contributed by atoms with Crippen LogP contribution in [0.4, 0.5) is 0 Å². The molecular weight excluding hydrogens is 402 g/mol. The fraction of sp³-hybridized carbons (Fsp3) is 0.516. The van der Waals surface area contributed by atoms with E-state index < -0.39 is 0 Å². The molecule has 1 aromatic heterocycles. The van der Waals surface area contributed by atoms with Crippen LogP contribution in [0.1, 0.15) is 88.5 Å². The minimum Gasteiger partial charge on any atom is -0.449 e. The lowest BCUT2D eigenvalue weighted by atomic mass is 9.71. The van der Waals surface area contributed by atoms with Crippen molar-refractivity contribution in [3.63, 3.8) is 0 Å². The van der Waals surface area contributed by atoms with Crippen molar-refractivity contribution < 1.29 is 9.30 Å². The first-order valence-corrected chi connectivity index (χ1v) is 12.7. The number of pyridine rings is 1. The molecule has 2 heterocycles. The van der Waals surface area contributed by atoms with Gasteiger partial charge in [0, 0.05) is 17.0 Å². The van der Waals surface area contributed by atoms with Gasteiger partial charge in [-0.2, -0.15) is 4.57 Å². The fourth-order valence-electron chi connectivity index (χ4n) is 6.07. The Morgan fingerprint density at radius 3 is 2.42 bits per heavy atom. The van der Waals surface area contributed by atoms with E-state index in [0.29, 0.717) is 11.3 Å². The number of rotatable bonds is 2. The average molecular weight is 443 g/mol. The van der Waals surface area contributed by atoms with Crippen LogP contribution in [0.25, 0.3) is 22.0 Å². The van der Waals surface area contributed by atoms with Crippen LogP contribution in [-0.4, -0.2) is 0 Å². The molecule has 0 saturated heterocycles. The Morgan fingerprint density at radius 1 is 1.06 bits per heavy atom. The molecule has 5 rings (SSSR count). The van der Waals surface area contributed by atoms with Crippen molar-refractivity contribution in [1.82, 2.24) is 0 Å². The number of nitrogens with zero attached hydrogens (tertiary/aromatic N) is 1. The standard InChI is InChI=1S/C31H40NO/c1-19-15-23-16-21(18-30(3,4)5)17-25-27(23)26(20(19)2)28-29(33-25)24(11-14-32(28)8)22-9-12-31(6,7)13-10-22/h11,14-17,22H,9-10,12-13,18H2,1-8H3/q+1. The molecule has 3 aromatic rings. The summed E-state index contributed by atoms with van der Waals surface area (Å²) < 4.78 is 9.17. The van der Waals surface area contributed by atoms with Crippen molar-refractivity contribution in [3.05, 3.63) is 52.7 Å². The van der Waals surface area contributed by atoms with Crippen LogP contribution in [0.5, 0.6) is 11.5 Å². The molecule has 2 heteroatoms. The van der Waals surface area contributed by atoms with Crippen LogP contribution < -0.4 is 9.30 Å². The molecule has 1 fully saturated rings. The van der Waals surface area contributed by atoms with E-state index in [1.54, 1.807) is 0 Å². The number of benzene rings is 2. The number of aryl methyl sites for hydroxylation is 2. The number of ether oxygens (including phenoxy) is 1. The first-order valence-electron chi connectivity index (χ1n) is 12.7. The lowest BCUT2D eigenvalue weighted by Crippen LogP contribution is -2.33. The molecule has 2 aromatic carbocycles. The molecule has 0 amide bonds. The quantitative estimate of drug-likeness (QED) is 0.284. The zero-order valence-corrected chi connectivity index (χ0v) is 21.9. The van der Waals surface area contributed by atoms with Crippen molar-refractivity contribution in [2.45, 2.75) is 86.5 Å². The predicted octanol–water partition coefficient (Wildman–Crippen LogP) is 8.33. The van der Waals surface area contributed by atoms with E-state index in [-0.39, 0.29) is 5.41 Å². The molecule has 2 nitrogen and oxygen atoms in total. The second kappa shape index (κ2) is 7.58. The number of hydrogen-bond donors (Lipinski definition) is 0. The van der Waals surface area contributed by atoms with Crippen LogP contribution in [0, 0.1) is 24.7 Å². The predicted molar refractivity (Wildman–Crippen MR) is 138 cm³/mol. The Bertz CT molecular complexity index is 1250. The largest absolute Gasteiger partial charge is 0.449 e. The SMILES string of the molecule is Cc1cc2cc(CC(C)(C)C)cc3c2c(c1C)-c1c(c(C2CCC(C)(C)CC2)cc[n+]1C)O3. The molecule has 1 aliphatic heterocycles. The van der Waals surface area contributed by atoms with Crippen LogP contribution in [0.2, 0.25) is 0 Å². The van der Waals surface area contributed by atoms with E-state index in [2.05, 4.69) is 90.5 Å². The first-order chi connectivity index (χ1) is 15.4. The fourth-order valence-corrected chi connectivity index (χ4v) is 6.07. The summed E-state index contributed by atoms with van der Waals surface area (Å²) in [5, 5.41) is 2.58. The monoisotopic (exact) mass is 442 g/mol. The van der Waals surface area contributed by atoms with E-state index in [1.165, 1.54) is 70.0 Å². The molecule has 0 spiro atoms. The van der Waals surface area contributed by atoms with E-state index in [4.69, 9.17) is 4.74 Å². The molecule has 2 aliphatic rings. The molecule has 1 saturated carbocycles. The number of fused-ring (bicyclic) bond motifs is 2. The Hall–Kier alpha value is -2.35. The summed E-state index contributed by atoms with van der Waals surface area (Å²) in [6.07, 6.45) is 8.36. The van der Waals surface area contributed by atoms with Gasteiger partial charge in [0.25, 0.3) is 5.69 Å². The molecule has 33 heavy (non-hydrogen) atoms. The highest BCUT2D eigenvalue weighted by Gasteiger charge is 2.36. The molecule has 0 bridgehead atoms. The summed E-state index contributed by atoms with van der Waals surface area (Å²) >= 11 is 0. The molecule has 0 N–H and O–H groups in total. The van der Waals surface area contributed by atoms with Gasteiger partial charge in [-0.15, -0.1) is 0 Å². The smallest absolute Gasteiger partial charge is 0.256 e. The molecule has 1 aliphatic carbocycles. The van der Waals surface area contributed by atoms with Gasteiger partial charge in [-0.1, -0.05) is 46.8 Å². The third-order valence-corrected chi connectivity index (χ3v) is 8.05. The zero-order valence-electron chi connectivity index (χ0n) is 21.9. The van der Waals surface area contributed by atoms with Crippen LogP contribution in [0.3, 0.4) is 0 Å². The minimum atomic E-state index is 0.238. The minimum absolute atomic E-state index is 0.238. The van der Waals surface area contributed by atoms with Gasteiger partial charge < -0.3 is 4.74 Å². The van der Waals surface area contributed by atoms with Crippen molar-refractivity contribution >= 4 is 10.8 Å². The van der Waals surface area contributed by atoms with Gasteiger partial charge in [-0.05, 0) is 90.8 Å². The maximum absolute atomic E-state index is 6.90. The van der Waals surface area contributed by atoms with Crippen molar-refractivity contribution in [1.29, 1.82) is 0 Å². The Labute approximate surface area is 200 Å². The summed E-state index contributed by atoms with van der Waals surface area (Å²) in [4.78, 5) is 0. The van der Waals surface area contributed by atoms with Crippen molar-refractivity contribution in [2.75, 3.05) is 0 Å². The Balaban J connectivity index is 1.73. The average Bonchev–Trinajstić information content (AvgIpc) is 2.70. The number of aromatic nitrogens is 1. The second-order valence-corrected chi connectivity index (χ2v) is 12.7. The van der Waals surface area contributed by atoms with Gasteiger partial charge in [0.05, 0.1) is 5.56 Å². The highest BCUT2D eigenvalue weighted by atomic mass is 16.5. The van der Waals surface area contributed by atoms with Gasteiger partial charge in [0.2, 0.25) is 5.75 Å². The van der Waals surface area contributed by atoms with Crippen LogP contribution in [-0.2, 0) is 13.5 Å². The van der Waals surface area contributed by atoms with Crippen LogP contribution >= 0.6 is 0 Å². The highest BCUT2D eigenvalue weighted by molar-refractivity contribution is 6.05. The van der Waals surface area contributed by atoms with Crippen molar-refractivity contribution in [2.24, 2.45) is 17.9 Å². The van der Waals surface area contributed by atoms with Crippen LogP contribution in [0.15, 0.2) is 30.5 Å². The van der Waals surface area contributed by atoms with E-state index in [9.17, 15) is 0 Å². The Kier molecular flexibility index (Phi) is 5.16. The summed E-state index contributed by atoms with van der Waals surface area (Å²) in [6.45, 7) is 16.3. The summed E-state index contributed by atoms with van der Waals surface area (Å²) in [7, 11) is 2.17. The second-order valence-electron chi connectivity index (χ2n) is 12.7. The van der Waals surface area contributed by atoms with Crippen molar-refractivity contribution in [3.8, 4) is 22.8 Å². The van der Waals surface area contributed by atoms with Gasteiger partial charge in [0.15, 0.2) is 6.20 Å². The van der Waals surface area contributed by atoms with E-state index >= 15 is 0 Å². The third-order valence-electron chi connectivity index (χ3n) is 8.05. The van der Waals surface area contributed by atoms with Gasteiger partial charge >= 0.3 is 0 Å². The lowest BCUT2D eigenvalue weighted by Gasteiger charge is -2.35. The molecular formula is C31H40NO+. The first kappa shape index (κ1) is 22.4. The Morgan fingerprint density at radius 2 is 1.76 bits per heavy atom. The van der Waals surface area contributed by atoms with Gasteiger partial charge in [-0.25, -0.2) is 0 Å². The molecule has 174 valence electrons. The zero-order chi connectivity index (χ0) is 23.7. The summed E-state index contributed by atoms with van der Waals surface area (Å²) in [5.74, 6) is 2.72. The lowest BCUT2D eigenvalue weighted by molar-refractivity contribution is -0.660.